The fourth-order valence-electron chi connectivity index (χ4n) is 2.51. The van der Waals surface area contributed by atoms with Gasteiger partial charge in [-0.15, -0.1) is 0 Å². The molecule has 98 valence electrons. The highest BCUT2D eigenvalue weighted by Crippen LogP contribution is 2.26. The third-order valence-corrected chi connectivity index (χ3v) is 3.77. The van der Waals surface area contributed by atoms with E-state index in [2.05, 4.69) is 36.1 Å². The van der Waals surface area contributed by atoms with Gasteiger partial charge in [0.1, 0.15) is 0 Å². The summed E-state index contributed by atoms with van der Waals surface area (Å²) in [5.41, 5.74) is 13.0. The number of fused-ring (bicyclic) bond motifs is 1. The Morgan fingerprint density at radius 1 is 1.39 bits per heavy atom. The molecule has 1 aliphatic rings. The second-order valence-electron chi connectivity index (χ2n) is 5.51. The number of amides is 1. The Bertz CT molecular complexity index is 431. The molecular formula is C14H21N3O. The summed E-state index contributed by atoms with van der Waals surface area (Å²) in [5, 5.41) is 0. The Balaban J connectivity index is 2.01. The van der Waals surface area contributed by atoms with Gasteiger partial charge >= 0.3 is 0 Å². The van der Waals surface area contributed by atoms with Crippen LogP contribution in [0.5, 0.6) is 0 Å². The van der Waals surface area contributed by atoms with Crippen molar-refractivity contribution < 1.29 is 4.79 Å². The standard InChI is InChI=1S/C14H21N3O/c1-10(7-14(2,16)13(15)18)17-8-11-5-3-4-6-12(11)9-17/h3-6,10H,7-9,16H2,1-2H3,(H2,15,18). The van der Waals surface area contributed by atoms with E-state index >= 15 is 0 Å². The number of rotatable bonds is 4. The number of carbonyl (C=O) groups is 1. The number of nitrogens with zero attached hydrogens (tertiary/aromatic N) is 1. The lowest BCUT2D eigenvalue weighted by molar-refractivity contribution is -0.123. The van der Waals surface area contributed by atoms with Crippen LogP contribution in [0.15, 0.2) is 24.3 Å². The SMILES string of the molecule is CC(CC(C)(N)C(N)=O)N1Cc2ccccc2C1. The van der Waals surface area contributed by atoms with Crippen molar-refractivity contribution in [2.75, 3.05) is 0 Å². The minimum Gasteiger partial charge on any atom is -0.368 e. The number of benzene rings is 1. The van der Waals surface area contributed by atoms with Gasteiger partial charge in [-0.25, -0.2) is 0 Å². The molecule has 1 aromatic rings. The largest absolute Gasteiger partial charge is 0.368 e. The molecule has 1 aromatic carbocycles. The number of hydrogen-bond donors (Lipinski definition) is 2. The van der Waals surface area contributed by atoms with E-state index in [0.29, 0.717) is 6.42 Å². The predicted molar refractivity (Wildman–Crippen MR) is 71.6 cm³/mol. The zero-order valence-corrected chi connectivity index (χ0v) is 11.0. The Morgan fingerprint density at radius 2 is 1.89 bits per heavy atom. The van der Waals surface area contributed by atoms with E-state index in [1.807, 2.05) is 0 Å². The molecule has 0 bridgehead atoms. The second-order valence-corrected chi connectivity index (χ2v) is 5.51. The minimum absolute atomic E-state index is 0.236. The lowest BCUT2D eigenvalue weighted by Gasteiger charge is -2.30. The molecule has 1 aliphatic heterocycles. The molecule has 2 atom stereocenters. The molecule has 0 aliphatic carbocycles. The number of primary amides is 1. The van der Waals surface area contributed by atoms with Crippen LogP contribution in [0.3, 0.4) is 0 Å². The van der Waals surface area contributed by atoms with Crippen molar-refractivity contribution in [2.24, 2.45) is 11.5 Å². The van der Waals surface area contributed by atoms with Crippen LogP contribution >= 0.6 is 0 Å². The summed E-state index contributed by atoms with van der Waals surface area (Å²) in [6, 6.07) is 8.66. The summed E-state index contributed by atoms with van der Waals surface area (Å²) in [6.45, 7) is 5.65. The molecule has 1 amide bonds. The summed E-state index contributed by atoms with van der Waals surface area (Å²) in [4.78, 5) is 13.6. The molecule has 2 unspecified atom stereocenters. The summed E-state index contributed by atoms with van der Waals surface area (Å²) in [6.07, 6.45) is 0.580. The van der Waals surface area contributed by atoms with Gasteiger partial charge in [-0.05, 0) is 31.4 Å². The van der Waals surface area contributed by atoms with Gasteiger partial charge in [0.05, 0.1) is 5.54 Å². The summed E-state index contributed by atoms with van der Waals surface area (Å²) in [7, 11) is 0. The van der Waals surface area contributed by atoms with Gasteiger partial charge in [0.25, 0.3) is 0 Å². The topological polar surface area (TPSA) is 72.3 Å². The second kappa shape index (κ2) is 4.71. The molecule has 0 saturated heterocycles. The van der Waals surface area contributed by atoms with Gasteiger partial charge in [-0.3, -0.25) is 9.69 Å². The maximum atomic E-state index is 11.3. The Labute approximate surface area is 108 Å². The van der Waals surface area contributed by atoms with Gasteiger partial charge in [-0.2, -0.15) is 0 Å². The van der Waals surface area contributed by atoms with Gasteiger partial charge in [0.2, 0.25) is 5.91 Å². The van der Waals surface area contributed by atoms with E-state index in [4.69, 9.17) is 11.5 Å². The molecular weight excluding hydrogens is 226 g/mol. The van der Waals surface area contributed by atoms with E-state index in [1.165, 1.54) is 11.1 Å². The molecule has 4 nitrogen and oxygen atoms in total. The molecule has 4 heteroatoms. The summed E-state index contributed by atoms with van der Waals surface area (Å²) >= 11 is 0. The van der Waals surface area contributed by atoms with Gasteiger partial charge in [-0.1, -0.05) is 24.3 Å². The van der Waals surface area contributed by atoms with Crippen LogP contribution in [0.4, 0.5) is 0 Å². The molecule has 2 rings (SSSR count). The maximum Gasteiger partial charge on any atom is 0.237 e. The van der Waals surface area contributed by atoms with Crippen LogP contribution in [0, 0.1) is 0 Å². The van der Waals surface area contributed by atoms with Crippen molar-refractivity contribution in [3.8, 4) is 0 Å². The normalized spacial score (nSPS) is 20.2. The van der Waals surface area contributed by atoms with Crippen molar-refractivity contribution >= 4 is 5.91 Å². The Morgan fingerprint density at radius 3 is 2.33 bits per heavy atom. The Hall–Kier alpha value is -1.39. The number of hydrogen-bond acceptors (Lipinski definition) is 3. The van der Waals surface area contributed by atoms with Crippen molar-refractivity contribution in [3.05, 3.63) is 35.4 Å². The number of carbonyl (C=O) groups excluding carboxylic acids is 1. The molecule has 1 heterocycles. The van der Waals surface area contributed by atoms with Crippen LogP contribution in [-0.2, 0) is 17.9 Å². The minimum atomic E-state index is -0.936. The lowest BCUT2D eigenvalue weighted by atomic mass is 9.93. The van der Waals surface area contributed by atoms with E-state index in [9.17, 15) is 4.79 Å². The summed E-state index contributed by atoms with van der Waals surface area (Å²) < 4.78 is 0. The quantitative estimate of drug-likeness (QED) is 0.833. The highest BCUT2D eigenvalue weighted by Gasteiger charge is 2.32. The first-order valence-electron chi connectivity index (χ1n) is 6.30. The molecule has 0 fully saturated rings. The first-order chi connectivity index (χ1) is 8.40. The van der Waals surface area contributed by atoms with Crippen molar-refractivity contribution in [2.45, 2.75) is 44.9 Å². The van der Waals surface area contributed by atoms with Gasteiger partial charge in [0, 0.05) is 19.1 Å². The molecule has 0 aromatic heterocycles. The first kappa shape index (κ1) is 13.1. The van der Waals surface area contributed by atoms with Crippen molar-refractivity contribution in [1.82, 2.24) is 4.90 Å². The zero-order chi connectivity index (χ0) is 13.3. The van der Waals surface area contributed by atoms with Crippen LogP contribution < -0.4 is 11.5 Å². The lowest BCUT2D eigenvalue weighted by Crippen LogP contribution is -2.52. The van der Waals surface area contributed by atoms with Crippen LogP contribution in [0.25, 0.3) is 0 Å². The molecule has 18 heavy (non-hydrogen) atoms. The fraction of sp³-hybridized carbons (Fsp3) is 0.500. The highest BCUT2D eigenvalue weighted by atomic mass is 16.1. The fourth-order valence-corrected chi connectivity index (χ4v) is 2.51. The smallest absolute Gasteiger partial charge is 0.237 e. The first-order valence-corrected chi connectivity index (χ1v) is 6.30. The van der Waals surface area contributed by atoms with Crippen molar-refractivity contribution in [1.29, 1.82) is 0 Å². The maximum absolute atomic E-state index is 11.3. The van der Waals surface area contributed by atoms with E-state index in [1.54, 1.807) is 6.92 Å². The number of nitrogens with two attached hydrogens (primary N) is 2. The summed E-state index contributed by atoms with van der Waals surface area (Å²) in [5.74, 6) is -0.439. The zero-order valence-electron chi connectivity index (χ0n) is 11.0. The predicted octanol–water partition coefficient (Wildman–Crippen LogP) is 0.984. The molecule has 4 N–H and O–H groups in total. The third-order valence-electron chi connectivity index (χ3n) is 3.77. The highest BCUT2D eigenvalue weighted by molar-refractivity contribution is 5.83. The van der Waals surface area contributed by atoms with Crippen LogP contribution in [0.2, 0.25) is 0 Å². The average molecular weight is 247 g/mol. The third kappa shape index (κ3) is 2.54. The molecule has 0 saturated carbocycles. The van der Waals surface area contributed by atoms with Gasteiger partial charge in [0.15, 0.2) is 0 Å². The van der Waals surface area contributed by atoms with Crippen molar-refractivity contribution in [3.63, 3.8) is 0 Å². The van der Waals surface area contributed by atoms with Crippen LogP contribution in [-0.4, -0.2) is 22.4 Å². The monoisotopic (exact) mass is 247 g/mol. The van der Waals surface area contributed by atoms with Gasteiger partial charge < -0.3 is 11.5 Å². The molecule has 0 spiro atoms. The van der Waals surface area contributed by atoms with Crippen LogP contribution in [0.1, 0.15) is 31.4 Å². The van der Waals surface area contributed by atoms with E-state index in [-0.39, 0.29) is 6.04 Å². The van der Waals surface area contributed by atoms with E-state index in [0.717, 1.165) is 13.1 Å². The molecule has 0 radical (unpaired) electrons. The average Bonchev–Trinajstić information content (AvgIpc) is 2.71. The van der Waals surface area contributed by atoms with E-state index < -0.39 is 11.4 Å². The Kier molecular flexibility index (Phi) is 3.41.